The molecule has 0 unspecified atom stereocenters. The summed E-state index contributed by atoms with van der Waals surface area (Å²) in [4.78, 5) is 32.8. The fourth-order valence-electron chi connectivity index (χ4n) is 3.40. The van der Waals surface area contributed by atoms with Crippen molar-refractivity contribution in [3.8, 4) is 0 Å². The van der Waals surface area contributed by atoms with Crippen LogP contribution in [-0.2, 0) is 37.0 Å². The molecule has 0 amide bonds. The molecule has 9 heteroatoms. The predicted octanol–water partition coefficient (Wildman–Crippen LogP) is 2.60. The summed E-state index contributed by atoms with van der Waals surface area (Å²) >= 11 is 7.97. The molecule has 2 aromatic rings. The van der Waals surface area contributed by atoms with Crippen molar-refractivity contribution in [3.63, 3.8) is 0 Å². The minimum absolute atomic E-state index is 0.0115. The molecule has 1 spiro atoms. The van der Waals surface area contributed by atoms with Gasteiger partial charge in [0.1, 0.15) is 0 Å². The third-order valence-corrected chi connectivity index (χ3v) is 5.93. The second-order valence-electron chi connectivity index (χ2n) is 6.50. The van der Waals surface area contributed by atoms with E-state index in [0.717, 1.165) is 11.1 Å². The Labute approximate surface area is 171 Å². The van der Waals surface area contributed by atoms with Gasteiger partial charge in [-0.3, -0.25) is 9.59 Å². The number of carbonyl (C=O) groups is 2. The number of benzene rings is 1. The molecule has 1 saturated heterocycles. The van der Waals surface area contributed by atoms with E-state index >= 15 is 0 Å². The third kappa shape index (κ3) is 3.85. The van der Waals surface area contributed by atoms with Gasteiger partial charge in [-0.1, -0.05) is 23.4 Å². The molecule has 146 valence electrons. The molecular weight excluding hydrogens is 402 g/mol. The normalized spacial score (nSPS) is 18.6. The van der Waals surface area contributed by atoms with E-state index in [-0.39, 0.29) is 19.4 Å². The lowest BCUT2D eigenvalue weighted by Crippen LogP contribution is -2.43. The van der Waals surface area contributed by atoms with Crippen LogP contribution in [0.5, 0.6) is 0 Å². The highest BCUT2D eigenvalue weighted by molar-refractivity contribution is 7.98. The Kier molecular flexibility index (Phi) is 5.52. The second kappa shape index (κ2) is 8.06. The molecule has 0 atom stereocenters. The number of esters is 2. The first kappa shape index (κ1) is 19.2. The zero-order chi connectivity index (χ0) is 19.6. The number of carbonyl (C=O) groups excluding carboxylic acids is 2. The van der Waals surface area contributed by atoms with Crippen LogP contribution < -0.4 is 5.32 Å². The van der Waals surface area contributed by atoms with Gasteiger partial charge in [0.15, 0.2) is 5.16 Å². The van der Waals surface area contributed by atoms with E-state index in [0.29, 0.717) is 34.5 Å². The first-order valence-electron chi connectivity index (χ1n) is 8.92. The number of nitrogens with one attached hydrogen (secondary N) is 1. The molecule has 0 radical (unpaired) electrons. The van der Waals surface area contributed by atoms with E-state index in [2.05, 4.69) is 15.3 Å². The maximum absolute atomic E-state index is 12.2. The van der Waals surface area contributed by atoms with E-state index < -0.39 is 17.7 Å². The number of thioether (sulfide) groups is 1. The zero-order valence-corrected chi connectivity index (χ0v) is 16.5. The maximum Gasteiger partial charge on any atom is 0.309 e. The summed E-state index contributed by atoms with van der Waals surface area (Å²) in [7, 11) is 0. The summed E-state index contributed by atoms with van der Waals surface area (Å²) in [5.74, 6) is -1.83. The first-order chi connectivity index (χ1) is 13.6. The smallest absolute Gasteiger partial charge is 0.309 e. The lowest BCUT2D eigenvalue weighted by atomic mass is 9.94. The number of nitrogens with zero attached hydrogens (tertiary/aromatic N) is 2. The Hall–Kier alpha value is -2.16. The van der Waals surface area contributed by atoms with Crippen molar-refractivity contribution in [1.29, 1.82) is 0 Å². The van der Waals surface area contributed by atoms with Gasteiger partial charge in [0, 0.05) is 28.7 Å². The van der Waals surface area contributed by atoms with Crippen molar-refractivity contribution in [2.45, 2.75) is 36.0 Å². The lowest BCUT2D eigenvalue weighted by molar-refractivity contribution is -0.225. The fraction of sp³-hybridized carbons (Fsp3) is 0.368. The second-order valence-corrected chi connectivity index (χ2v) is 7.85. The van der Waals surface area contributed by atoms with Crippen molar-refractivity contribution in [2.24, 2.45) is 0 Å². The highest BCUT2D eigenvalue weighted by atomic mass is 35.5. The van der Waals surface area contributed by atoms with Gasteiger partial charge in [-0.25, -0.2) is 9.97 Å². The Morgan fingerprint density at radius 3 is 2.54 bits per heavy atom. The highest BCUT2D eigenvalue weighted by Gasteiger charge is 2.45. The molecule has 7 nitrogen and oxygen atoms in total. The molecule has 1 aromatic carbocycles. The van der Waals surface area contributed by atoms with Crippen LogP contribution in [0, 0.1) is 0 Å². The van der Waals surface area contributed by atoms with E-state index in [1.807, 2.05) is 0 Å². The van der Waals surface area contributed by atoms with Crippen LogP contribution in [0.25, 0.3) is 0 Å². The predicted molar refractivity (Wildman–Crippen MR) is 103 cm³/mol. The maximum atomic E-state index is 12.2. The van der Waals surface area contributed by atoms with Crippen LogP contribution in [-0.4, -0.2) is 35.0 Å². The van der Waals surface area contributed by atoms with E-state index in [1.54, 1.807) is 30.6 Å². The Bertz CT molecular complexity index is 892. The van der Waals surface area contributed by atoms with Gasteiger partial charge >= 0.3 is 11.9 Å². The van der Waals surface area contributed by atoms with Crippen molar-refractivity contribution in [2.75, 3.05) is 13.1 Å². The molecule has 1 aromatic heterocycles. The topological polar surface area (TPSA) is 90.4 Å². The van der Waals surface area contributed by atoms with Gasteiger partial charge < -0.3 is 14.8 Å². The summed E-state index contributed by atoms with van der Waals surface area (Å²) < 4.78 is 11.3. The first-order valence-corrected chi connectivity index (χ1v) is 10.3. The summed E-state index contributed by atoms with van der Waals surface area (Å²) in [6, 6.07) is 5.29. The van der Waals surface area contributed by atoms with Gasteiger partial charge in [0.2, 0.25) is 0 Å². The lowest BCUT2D eigenvalue weighted by Gasteiger charge is -2.32. The largest absolute Gasteiger partial charge is 0.416 e. The average molecular weight is 420 g/mol. The number of halogens is 1. The summed E-state index contributed by atoms with van der Waals surface area (Å²) in [6.07, 6.45) is 4.06. The van der Waals surface area contributed by atoms with Crippen LogP contribution in [0.2, 0.25) is 5.02 Å². The van der Waals surface area contributed by atoms with Gasteiger partial charge in [-0.15, -0.1) is 0 Å². The standard InChI is InChI=1S/C19H18ClN3O4S/c20-15-3-2-14-12(13(15)10-28-18-22-7-1-8-23-18)6-9-21-11-19(14)26-16(24)4-5-17(25)27-19/h1-3,7-8,21H,4-6,9-11H2. The molecular formula is C19H18ClN3O4S. The Morgan fingerprint density at radius 1 is 1.11 bits per heavy atom. The van der Waals surface area contributed by atoms with Crippen LogP contribution in [0.3, 0.4) is 0 Å². The number of fused-ring (bicyclic) bond motifs is 2. The summed E-state index contributed by atoms with van der Waals surface area (Å²) in [6.45, 7) is 0.844. The molecule has 2 aliphatic rings. The van der Waals surface area contributed by atoms with E-state index in [1.165, 1.54) is 11.8 Å². The molecule has 0 aliphatic carbocycles. The van der Waals surface area contributed by atoms with Crippen molar-refractivity contribution < 1.29 is 19.1 Å². The molecule has 0 bridgehead atoms. The molecule has 2 aliphatic heterocycles. The van der Waals surface area contributed by atoms with Gasteiger partial charge in [0.25, 0.3) is 5.79 Å². The van der Waals surface area contributed by atoms with Gasteiger partial charge in [-0.05, 0) is 42.3 Å². The fourth-order valence-corrected chi connectivity index (χ4v) is 4.60. The SMILES string of the molecule is O=C1CCC(=O)OC2(CNCCc3c2ccc(Cl)c3CSc2ncccn2)O1. The molecule has 28 heavy (non-hydrogen) atoms. The number of aromatic nitrogens is 2. The average Bonchev–Trinajstić information content (AvgIpc) is 2.95. The van der Waals surface area contributed by atoms with Crippen molar-refractivity contribution >= 4 is 35.3 Å². The quantitative estimate of drug-likeness (QED) is 0.461. The van der Waals surface area contributed by atoms with Crippen LogP contribution in [0.15, 0.2) is 35.7 Å². The molecule has 1 N–H and O–H groups in total. The minimum atomic E-state index is -1.47. The molecule has 0 saturated carbocycles. The Morgan fingerprint density at radius 2 is 1.82 bits per heavy atom. The monoisotopic (exact) mass is 419 g/mol. The van der Waals surface area contributed by atoms with Gasteiger partial charge in [0.05, 0.1) is 19.4 Å². The molecule has 1 fully saturated rings. The minimum Gasteiger partial charge on any atom is -0.416 e. The zero-order valence-electron chi connectivity index (χ0n) is 14.9. The Balaban J connectivity index is 1.74. The van der Waals surface area contributed by atoms with Gasteiger partial charge in [-0.2, -0.15) is 0 Å². The van der Waals surface area contributed by atoms with Crippen LogP contribution >= 0.6 is 23.4 Å². The van der Waals surface area contributed by atoms with Crippen molar-refractivity contribution in [1.82, 2.24) is 15.3 Å². The third-order valence-electron chi connectivity index (χ3n) is 4.67. The number of hydrogen-bond donors (Lipinski definition) is 1. The van der Waals surface area contributed by atoms with Crippen molar-refractivity contribution in [3.05, 3.63) is 52.3 Å². The van der Waals surface area contributed by atoms with E-state index in [9.17, 15) is 9.59 Å². The number of rotatable bonds is 3. The molecule has 4 rings (SSSR count). The number of ether oxygens (including phenoxy) is 2. The van der Waals surface area contributed by atoms with Crippen LogP contribution in [0.1, 0.15) is 29.5 Å². The highest BCUT2D eigenvalue weighted by Crippen LogP contribution is 2.39. The number of hydrogen-bond acceptors (Lipinski definition) is 8. The van der Waals surface area contributed by atoms with Crippen LogP contribution in [0.4, 0.5) is 0 Å². The summed E-state index contributed by atoms with van der Waals surface area (Å²) in [5.41, 5.74) is 2.48. The van der Waals surface area contributed by atoms with E-state index in [4.69, 9.17) is 21.1 Å². The molecule has 3 heterocycles. The summed E-state index contributed by atoms with van der Waals surface area (Å²) in [5, 5.41) is 4.46.